The van der Waals surface area contributed by atoms with E-state index in [-0.39, 0.29) is 0 Å². The van der Waals surface area contributed by atoms with Gasteiger partial charge in [-0.2, -0.15) is 5.10 Å². The van der Waals surface area contributed by atoms with Gasteiger partial charge in [0.25, 0.3) is 0 Å². The van der Waals surface area contributed by atoms with E-state index in [0.29, 0.717) is 12.0 Å². The van der Waals surface area contributed by atoms with E-state index >= 15 is 0 Å². The Morgan fingerprint density at radius 2 is 2.12 bits per heavy atom. The van der Waals surface area contributed by atoms with Gasteiger partial charge in [-0.25, -0.2) is 0 Å². The molecule has 1 heterocycles. The van der Waals surface area contributed by atoms with Gasteiger partial charge in [-0.05, 0) is 32.6 Å². The van der Waals surface area contributed by atoms with Crippen LogP contribution in [0.5, 0.6) is 0 Å². The molecule has 2 unspecified atom stereocenters. The third-order valence-electron chi connectivity index (χ3n) is 3.10. The van der Waals surface area contributed by atoms with Gasteiger partial charge in [0.15, 0.2) is 0 Å². The first kappa shape index (κ1) is 14.0. The van der Waals surface area contributed by atoms with E-state index in [1.165, 1.54) is 18.5 Å². The number of aromatic nitrogens is 2. The van der Waals surface area contributed by atoms with Gasteiger partial charge >= 0.3 is 0 Å². The first-order valence-corrected chi connectivity index (χ1v) is 6.49. The molecule has 98 valence electrons. The van der Waals surface area contributed by atoms with Gasteiger partial charge in [0.2, 0.25) is 0 Å². The molecule has 0 aliphatic carbocycles. The Balaban J connectivity index is 2.21. The molecule has 1 rings (SSSR count). The number of nitrogens with one attached hydrogen (secondary N) is 1. The van der Waals surface area contributed by atoms with Crippen molar-refractivity contribution in [3.05, 3.63) is 11.8 Å². The van der Waals surface area contributed by atoms with Crippen LogP contribution in [0.3, 0.4) is 0 Å². The topological polar surface area (TPSA) is 55.9 Å². The Hall–Kier alpha value is -1.03. The van der Waals surface area contributed by atoms with Crippen molar-refractivity contribution in [2.45, 2.75) is 46.1 Å². The second-order valence-electron chi connectivity index (χ2n) is 5.19. The third kappa shape index (κ3) is 5.22. The summed E-state index contributed by atoms with van der Waals surface area (Å²) in [5, 5.41) is 7.76. The van der Waals surface area contributed by atoms with Crippen molar-refractivity contribution in [1.82, 2.24) is 9.78 Å². The Morgan fingerprint density at radius 3 is 2.65 bits per heavy atom. The number of aryl methyl sites for hydroxylation is 2. The highest BCUT2D eigenvalue weighted by molar-refractivity contribution is 5.35. The van der Waals surface area contributed by atoms with E-state index in [9.17, 15) is 0 Å². The summed E-state index contributed by atoms with van der Waals surface area (Å²) in [6.45, 7) is 7.38. The molecule has 1 aromatic heterocycles. The van der Waals surface area contributed by atoms with E-state index in [1.807, 2.05) is 11.7 Å². The average Bonchev–Trinajstić information content (AvgIpc) is 2.55. The highest BCUT2D eigenvalue weighted by atomic mass is 15.3. The molecule has 0 saturated heterocycles. The number of rotatable bonds is 7. The number of nitrogens with two attached hydrogens (primary N) is 1. The molecule has 17 heavy (non-hydrogen) atoms. The summed E-state index contributed by atoms with van der Waals surface area (Å²) in [6.07, 6.45) is 3.55. The van der Waals surface area contributed by atoms with E-state index in [4.69, 9.17) is 5.73 Å². The fourth-order valence-corrected chi connectivity index (χ4v) is 1.82. The summed E-state index contributed by atoms with van der Waals surface area (Å²) in [7, 11) is 1.96. The van der Waals surface area contributed by atoms with E-state index < -0.39 is 0 Å². The Kier molecular flexibility index (Phi) is 5.48. The Morgan fingerprint density at radius 1 is 1.41 bits per heavy atom. The van der Waals surface area contributed by atoms with Crippen LogP contribution in [0.4, 0.5) is 5.82 Å². The summed E-state index contributed by atoms with van der Waals surface area (Å²) in [4.78, 5) is 0. The van der Waals surface area contributed by atoms with Crippen LogP contribution in [0, 0.1) is 12.8 Å². The number of anilines is 1. The van der Waals surface area contributed by atoms with Crippen LogP contribution >= 0.6 is 0 Å². The van der Waals surface area contributed by atoms with Crippen LogP contribution in [0.15, 0.2) is 6.07 Å². The molecule has 0 amide bonds. The lowest BCUT2D eigenvalue weighted by Crippen LogP contribution is -2.16. The second-order valence-corrected chi connectivity index (χ2v) is 5.19. The van der Waals surface area contributed by atoms with Crippen LogP contribution in [0.2, 0.25) is 0 Å². The molecule has 0 fully saturated rings. The van der Waals surface area contributed by atoms with Gasteiger partial charge in [-0.3, -0.25) is 4.68 Å². The van der Waals surface area contributed by atoms with Crippen molar-refractivity contribution in [2.75, 3.05) is 11.9 Å². The summed E-state index contributed by atoms with van der Waals surface area (Å²) in [6, 6.07) is 2.41. The Labute approximate surface area is 105 Å². The van der Waals surface area contributed by atoms with Crippen LogP contribution in [0.1, 0.15) is 38.8 Å². The van der Waals surface area contributed by atoms with Crippen molar-refractivity contribution in [3.63, 3.8) is 0 Å². The minimum atomic E-state index is 0.327. The van der Waals surface area contributed by atoms with Crippen molar-refractivity contribution in [2.24, 2.45) is 18.7 Å². The highest BCUT2D eigenvalue weighted by Crippen LogP contribution is 2.12. The Bertz CT molecular complexity index is 311. The normalized spacial score (nSPS) is 14.6. The molecular formula is C13H26N4. The maximum Gasteiger partial charge on any atom is 0.148 e. The quantitative estimate of drug-likeness (QED) is 0.766. The molecule has 0 bridgehead atoms. The first-order valence-electron chi connectivity index (χ1n) is 6.49. The lowest BCUT2D eigenvalue weighted by atomic mass is 10.0. The third-order valence-corrected chi connectivity index (χ3v) is 3.10. The molecule has 0 saturated carbocycles. The van der Waals surface area contributed by atoms with Crippen LogP contribution in [-0.4, -0.2) is 22.4 Å². The average molecular weight is 238 g/mol. The molecule has 0 aliphatic heterocycles. The van der Waals surface area contributed by atoms with Crippen molar-refractivity contribution in [1.29, 1.82) is 0 Å². The SMILES string of the molecule is Cc1cc(NCC(C)CCCC(C)N)nn1C. The summed E-state index contributed by atoms with van der Waals surface area (Å²) in [5.74, 6) is 1.64. The molecule has 0 radical (unpaired) electrons. The molecule has 3 N–H and O–H groups in total. The molecular weight excluding hydrogens is 212 g/mol. The molecule has 2 atom stereocenters. The zero-order valence-electron chi connectivity index (χ0n) is 11.5. The highest BCUT2D eigenvalue weighted by Gasteiger charge is 2.05. The fourth-order valence-electron chi connectivity index (χ4n) is 1.82. The van der Waals surface area contributed by atoms with Crippen molar-refractivity contribution < 1.29 is 0 Å². The minimum absolute atomic E-state index is 0.327. The van der Waals surface area contributed by atoms with Gasteiger partial charge < -0.3 is 11.1 Å². The summed E-state index contributed by atoms with van der Waals surface area (Å²) in [5.41, 5.74) is 6.91. The number of hydrogen-bond donors (Lipinski definition) is 2. The largest absolute Gasteiger partial charge is 0.368 e. The lowest BCUT2D eigenvalue weighted by molar-refractivity contribution is 0.496. The predicted octanol–water partition coefficient (Wildman–Crippen LogP) is 2.29. The van der Waals surface area contributed by atoms with E-state index in [2.05, 4.69) is 37.3 Å². The molecule has 4 heteroatoms. The van der Waals surface area contributed by atoms with E-state index in [1.54, 1.807) is 0 Å². The maximum atomic E-state index is 5.73. The monoisotopic (exact) mass is 238 g/mol. The van der Waals surface area contributed by atoms with Crippen LogP contribution in [-0.2, 0) is 7.05 Å². The molecule has 0 aromatic carbocycles. The molecule has 1 aromatic rings. The van der Waals surface area contributed by atoms with Gasteiger partial charge in [0.1, 0.15) is 5.82 Å². The van der Waals surface area contributed by atoms with Crippen LogP contribution in [0.25, 0.3) is 0 Å². The zero-order chi connectivity index (χ0) is 12.8. The summed E-state index contributed by atoms with van der Waals surface area (Å²) < 4.78 is 1.89. The van der Waals surface area contributed by atoms with E-state index in [0.717, 1.165) is 18.8 Å². The number of nitrogens with zero attached hydrogens (tertiary/aromatic N) is 2. The molecule has 0 spiro atoms. The molecule has 0 aliphatic rings. The van der Waals surface area contributed by atoms with Gasteiger partial charge in [0, 0.05) is 31.4 Å². The smallest absolute Gasteiger partial charge is 0.148 e. The zero-order valence-corrected chi connectivity index (χ0v) is 11.5. The van der Waals surface area contributed by atoms with Crippen molar-refractivity contribution >= 4 is 5.82 Å². The minimum Gasteiger partial charge on any atom is -0.368 e. The maximum absolute atomic E-state index is 5.73. The standard InChI is InChI=1S/C13H26N4/c1-10(6-5-7-11(2)14)9-15-13-8-12(3)17(4)16-13/h8,10-11H,5-7,9,14H2,1-4H3,(H,15,16). The lowest BCUT2D eigenvalue weighted by Gasteiger charge is -2.12. The predicted molar refractivity (Wildman–Crippen MR) is 73.1 cm³/mol. The first-order chi connectivity index (χ1) is 7.99. The van der Waals surface area contributed by atoms with Gasteiger partial charge in [0.05, 0.1) is 0 Å². The van der Waals surface area contributed by atoms with Crippen LogP contribution < -0.4 is 11.1 Å². The fraction of sp³-hybridized carbons (Fsp3) is 0.769. The number of hydrogen-bond acceptors (Lipinski definition) is 3. The van der Waals surface area contributed by atoms with Gasteiger partial charge in [-0.1, -0.05) is 13.3 Å². The summed E-state index contributed by atoms with van der Waals surface area (Å²) >= 11 is 0. The van der Waals surface area contributed by atoms with Crippen molar-refractivity contribution in [3.8, 4) is 0 Å². The van der Waals surface area contributed by atoms with Gasteiger partial charge in [-0.15, -0.1) is 0 Å². The molecule has 4 nitrogen and oxygen atoms in total. The second kappa shape index (κ2) is 6.64.